The zero-order valence-electron chi connectivity index (χ0n) is 7.29. The maximum Gasteiger partial charge on any atom is 0.265 e. The van der Waals surface area contributed by atoms with Crippen LogP contribution in [-0.2, 0) is 16.5 Å². The molecule has 0 spiro atoms. The van der Waals surface area contributed by atoms with E-state index in [-0.39, 0.29) is 12.2 Å². The number of benzene rings is 1. The Morgan fingerprint density at radius 2 is 1.86 bits per heavy atom. The van der Waals surface area contributed by atoms with Crippen molar-refractivity contribution in [1.82, 2.24) is 0 Å². The van der Waals surface area contributed by atoms with E-state index in [1.54, 1.807) is 24.3 Å². The van der Waals surface area contributed by atoms with Gasteiger partial charge in [-0.1, -0.05) is 12.1 Å². The Hall–Kier alpha value is -1.27. The number of rotatable bonds is 4. The van der Waals surface area contributed by atoms with Crippen LogP contribution < -0.4 is 0 Å². The van der Waals surface area contributed by atoms with E-state index in [9.17, 15) is 8.42 Å². The normalized spacial score (nSPS) is 11.2. The van der Waals surface area contributed by atoms with E-state index >= 15 is 0 Å². The first-order valence-corrected chi connectivity index (χ1v) is 5.51. The topological polar surface area (TPSA) is 89.0 Å². The lowest BCUT2D eigenvalue weighted by Gasteiger charge is -2.01. The molecule has 0 aliphatic rings. The smallest absolute Gasteiger partial charge is 0.265 e. The molecular formula is C8H9N2O3S-. The fourth-order valence-electron chi connectivity index (χ4n) is 0.976. The lowest BCUT2D eigenvalue weighted by atomic mass is 10.1. The van der Waals surface area contributed by atoms with E-state index in [1.807, 2.05) is 0 Å². The van der Waals surface area contributed by atoms with Crippen molar-refractivity contribution in [2.24, 2.45) is 5.11 Å². The van der Waals surface area contributed by atoms with Crippen molar-refractivity contribution >= 4 is 15.8 Å². The molecule has 0 unspecified atom stereocenters. The predicted molar refractivity (Wildman–Crippen MR) is 52.0 cm³/mol. The summed E-state index contributed by atoms with van der Waals surface area (Å²) in [6.45, 7) is 0. The average molecular weight is 213 g/mol. The van der Waals surface area contributed by atoms with Gasteiger partial charge in [-0.2, -0.15) is 8.42 Å². The quantitative estimate of drug-likeness (QED) is 0.610. The zero-order chi connectivity index (χ0) is 10.6. The van der Waals surface area contributed by atoms with Crippen LogP contribution in [0.5, 0.6) is 0 Å². The molecule has 0 aromatic heterocycles. The highest BCUT2D eigenvalue weighted by Crippen LogP contribution is 2.13. The molecule has 0 heterocycles. The number of hydrogen-bond acceptors (Lipinski definition) is 3. The summed E-state index contributed by atoms with van der Waals surface area (Å²) in [7, 11) is -3.91. The Balaban J connectivity index is 2.65. The van der Waals surface area contributed by atoms with Crippen LogP contribution >= 0.6 is 0 Å². The summed E-state index contributed by atoms with van der Waals surface area (Å²) in [5.41, 5.74) is 9.54. The van der Waals surface area contributed by atoms with Crippen molar-refractivity contribution in [3.05, 3.63) is 35.4 Å². The molecule has 1 aromatic rings. The molecule has 0 amide bonds. The number of nitrogens with zero attached hydrogens (tertiary/aromatic N) is 2. The minimum Gasteiger partial charge on any atom is -0.706 e. The van der Waals surface area contributed by atoms with Crippen LogP contribution in [0.15, 0.2) is 29.4 Å². The van der Waals surface area contributed by atoms with Gasteiger partial charge in [0.15, 0.2) is 0 Å². The van der Waals surface area contributed by atoms with Crippen LogP contribution in [0.2, 0.25) is 0 Å². The first-order chi connectivity index (χ1) is 6.51. The van der Waals surface area contributed by atoms with Crippen molar-refractivity contribution in [3.63, 3.8) is 0 Å². The van der Waals surface area contributed by atoms with Gasteiger partial charge in [0.05, 0.1) is 5.75 Å². The maximum absolute atomic E-state index is 10.4. The fraction of sp³-hybridized carbons (Fsp3) is 0.250. The monoisotopic (exact) mass is 213 g/mol. The SMILES string of the molecule is [N-]=Nc1ccc(CCS(=O)(=O)O)cc1. The van der Waals surface area contributed by atoms with E-state index in [4.69, 9.17) is 10.1 Å². The maximum atomic E-state index is 10.4. The van der Waals surface area contributed by atoms with Crippen LogP contribution in [0.3, 0.4) is 0 Å². The Morgan fingerprint density at radius 3 is 2.29 bits per heavy atom. The second-order valence-corrected chi connectivity index (χ2v) is 4.37. The summed E-state index contributed by atoms with van der Waals surface area (Å²) >= 11 is 0. The first kappa shape index (κ1) is 10.8. The second-order valence-electron chi connectivity index (χ2n) is 2.80. The average Bonchev–Trinajstić information content (AvgIpc) is 2.14. The molecule has 5 nitrogen and oxygen atoms in total. The van der Waals surface area contributed by atoms with Crippen molar-refractivity contribution in [3.8, 4) is 0 Å². The molecule has 0 saturated carbocycles. The Bertz CT molecular complexity index is 411. The first-order valence-electron chi connectivity index (χ1n) is 3.90. The summed E-state index contributed by atoms with van der Waals surface area (Å²) < 4.78 is 29.3. The van der Waals surface area contributed by atoms with Crippen molar-refractivity contribution < 1.29 is 13.0 Å². The largest absolute Gasteiger partial charge is 0.706 e. The third-order valence-corrected chi connectivity index (χ3v) is 2.42. The minimum atomic E-state index is -3.91. The molecule has 0 fully saturated rings. The van der Waals surface area contributed by atoms with Crippen LogP contribution in [-0.4, -0.2) is 18.7 Å². The van der Waals surface area contributed by atoms with E-state index in [2.05, 4.69) is 5.11 Å². The minimum absolute atomic E-state index is 0.241. The van der Waals surface area contributed by atoms with Gasteiger partial charge in [-0.05, 0) is 24.1 Å². The van der Waals surface area contributed by atoms with E-state index in [0.717, 1.165) is 5.56 Å². The highest BCUT2D eigenvalue weighted by Gasteiger charge is 2.04. The molecule has 14 heavy (non-hydrogen) atoms. The molecule has 6 heteroatoms. The number of aryl methyl sites for hydroxylation is 1. The van der Waals surface area contributed by atoms with Gasteiger partial charge in [0.2, 0.25) is 0 Å². The van der Waals surface area contributed by atoms with Crippen LogP contribution in [0, 0.1) is 0 Å². The molecule has 0 aliphatic heterocycles. The van der Waals surface area contributed by atoms with Gasteiger partial charge in [0, 0.05) is 5.69 Å². The summed E-state index contributed by atoms with van der Waals surface area (Å²) in [6.07, 6.45) is 0.241. The lowest BCUT2D eigenvalue weighted by Crippen LogP contribution is -2.06. The molecule has 0 bridgehead atoms. The van der Waals surface area contributed by atoms with Crippen LogP contribution in [0.1, 0.15) is 5.56 Å². The summed E-state index contributed by atoms with van der Waals surface area (Å²) in [4.78, 5) is 0. The van der Waals surface area contributed by atoms with E-state index in [1.165, 1.54) is 0 Å². The lowest BCUT2D eigenvalue weighted by molar-refractivity contribution is 0.482. The molecular weight excluding hydrogens is 204 g/mol. The highest BCUT2D eigenvalue weighted by molar-refractivity contribution is 7.85. The fourth-order valence-corrected chi connectivity index (χ4v) is 1.47. The highest BCUT2D eigenvalue weighted by atomic mass is 32.2. The molecule has 0 saturated heterocycles. The zero-order valence-corrected chi connectivity index (χ0v) is 8.11. The molecule has 0 atom stereocenters. The summed E-state index contributed by atoms with van der Waals surface area (Å²) in [6, 6.07) is 6.39. The van der Waals surface area contributed by atoms with Crippen LogP contribution in [0.25, 0.3) is 5.53 Å². The van der Waals surface area contributed by atoms with Gasteiger partial charge < -0.3 is 10.6 Å². The third kappa shape index (κ3) is 3.63. The standard InChI is InChI=1S/C8H9N2O3S/c9-10-8-3-1-7(2-4-8)5-6-14(11,12)13/h1-4H,5-6H2,(H,11,12,13)/q-1. The molecule has 1 aromatic carbocycles. The second kappa shape index (κ2) is 4.30. The molecule has 0 aliphatic carbocycles. The molecule has 1 rings (SSSR count). The van der Waals surface area contributed by atoms with Gasteiger partial charge in [-0.3, -0.25) is 4.55 Å². The molecule has 1 N–H and O–H groups in total. The summed E-state index contributed by atoms with van der Waals surface area (Å²) in [5.74, 6) is -0.303. The van der Waals surface area contributed by atoms with Gasteiger partial charge in [-0.25, -0.2) is 0 Å². The Kier molecular flexibility index (Phi) is 3.32. The third-order valence-electron chi connectivity index (χ3n) is 1.70. The predicted octanol–water partition coefficient (Wildman–Crippen LogP) is 1.77. The number of hydrogen-bond donors (Lipinski definition) is 1. The van der Waals surface area contributed by atoms with Crippen molar-refractivity contribution in [1.29, 1.82) is 0 Å². The van der Waals surface area contributed by atoms with E-state index in [0.29, 0.717) is 5.69 Å². The van der Waals surface area contributed by atoms with Gasteiger partial charge in [-0.15, -0.1) is 0 Å². The van der Waals surface area contributed by atoms with Crippen molar-refractivity contribution in [2.45, 2.75) is 6.42 Å². The Labute approximate surface area is 82.0 Å². The van der Waals surface area contributed by atoms with Crippen molar-refractivity contribution in [2.75, 3.05) is 5.75 Å². The van der Waals surface area contributed by atoms with Gasteiger partial charge in [0.1, 0.15) is 0 Å². The Morgan fingerprint density at radius 1 is 1.29 bits per heavy atom. The van der Waals surface area contributed by atoms with Gasteiger partial charge in [0.25, 0.3) is 10.1 Å². The molecule has 76 valence electrons. The van der Waals surface area contributed by atoms with Gasteiger partial charge >= 0.3 is 0 Å². The molecule has 0 radical (unpaired) electrons. The van der Waals surface area contributed by atoms with Crippen LogP contribution in [0.4, 0.5) is 5.69 Å². The van der Waals surface area contributed by atoms with E-state index < -0.39 is 10.1 Å². The summed E-state index contributed by atoms with van der Waals surface area (Å²) in [5, 5.41) is 2.95.